The molecule has 2 aliphatic rings. The van der Waals surface area contributed by atoms with Crippen molar-refractivity contribution in [3.8, 4) is 5.75 Å². The van der Waals surface area contributed by atoms with Crippen molar-refractivity contribution in [3.63, 3.8) is 0 Å². The molecule has 0 spiro atoms. The summed E-state index contributed by atoms with van der Waals surface area (Å²) in [6.45, 7) is 2.19. The lowest BCUT2D eigenvalue weighted by atomic mass is 9.81. The van der Waals surface area contributed by atoms with Gasteiger partial charge >= 0.3 is 5.69 Å². The summed E-state index contributed by atoms with van der Waals surface area (Å²) in [4.78, 5) is 41.3. The normalized spacial score (nSPS) is 16.6. The van der Waals surface area contributed by atoms with Crippen molar-refractivity contribution in [3.05, 3.63) is 97.2 Å². The highest BCUT2D eigenvalue weighted by atomic mass is 16.5. The molecule has 1 aliphatic heterocycles. The first-order valence-electron chi connectivity index (χ1n) is 9.72. The number of rotatable bonds is 3. The van der Waals surface area contributed by atoms with Gasteiger partial charge in [0.25, 0.3) is 5.56 Å². The van der Waals surface area contributed by atoms with Crippen LogP contribution in [0.2, 0.25) is 0 Å². The Kier molecular flexibility index (Phi) is 3.99. The maximum Gasteiger partial charge on any atom is 0.329 e. The molecule has 3 aromatic rings. The van der Waals surface area contributed by atoms with Crippen LogP contribution < -0.4 is 21.3 Å². The van der Waals surface area contributed by atoms with Gasteiger partial charge in [-0.3, -0.25) is 19.1 Å². The van der Waals surface area contributed by atoms with Gasteiger partial charge in [-0.2, -0.15) is 0 Å². The Morgan fingerprint density at radius 2 is 1.70 bits per heavy atom. The molecule has 150 valence electrons. The molecule has 2 N–H and O–H groups in total. The summed E-state index contributed by atoms with van der Waals surface area (Å²) in [5, 5.41) is 3.24. The zero-order valence-corrected chi connectivity index (χ0v) is 16.5. The Morgan fingerprint density at radius 3 is 2.43 bits per heavy atom. The number of H-pyrrole nitrogens is 1. The number of allylic oxidation sites excluding steroid dienone is 1. The fraction of sp³-hybridized carbons (Fsp3) is 0.174. The number of ether oxygens (including phenoxy) is 1. The van der Waals surface area contributed by atoms with Crippen LogP contribution in [0.5, 0.6) is 5.75 Å². The minimum atomic E-state index is -0.672. The SMILES string of the molecule is CCn1c2c(c(=O)[nH]c1=O)[C@H](c1ccccc1OC)C1=C(N2)c2ccccc2C1=O. The van der Waals surface area contributed by atoms with E-state index in [0.29, 0.717) is 46.1 Å². The molecule has 2 heterocycles. The molecule has 0 bridgehead atoms. The molecular formula is C23H19N3O4. The Morgan fingerprint density at radius 1 is 1.00 bits per heavy atom. The zero-order chi connectivity index (χ0) is 21.0. The third-order valence-electron chi connectivity index (χ3n) is 5.78. The van der Waals surface area contributed by atoms with E-state index in [-0.39, 0.29) is 5.78 Å². The molecule has 0 radical (unpaired) electrons. The summed E-state index contributed by atoms with van der Waals surface area (Å²) < 4.78 is 7.04. The highest BCUT2D eigenvalue weighted by molar-refractivity contribution is 6.23. The number of carbonyl (C=O) groups excluding carboxylic acids is 1. The smallest absolute Gasteiger partial charge is 0.329 e. The molecule has 1 atom stereocenters. The van der Waals surface area contributed by atoms with Crippen LogP contribution >= 0.6 is 0 Å². The molecule has 1 aliphatic carbocycles. The number of aromatic amines is 1. The molecule has 0 saturated heterocycles. The summed E-state index contributed by atoms with van der Waals surface area (Å²) in [5.74, 6) is 0.169. The minimum Gasteiger partial charge on any atom is -0.496 e. The molecule has 30 heavy (non-hydrogen) atoms. The highest BCUT2D eigenvalue weighted by Gasteiger charge is 2.43. The van der Waals surface area contributed by atoms with Gasteiger partial charge in [0.1, 0.15) is 11.6 Å². The number of aromatic nitrogens is 2. The quantitative estimate of drug-likeness (QED) is 0.704. The van der Waals surface area contributed by atoms with E-state index < -0.39 is 17.2 Å². The van der Waals surface area contributed by atoms with E-state index in [4.69, 9.17) is 4.74 Å². The second kappa shape index (κ2) is 6.59. The van der Waals surface area contributed by atoms with Crippen LogP contribution in [0.15, 0.2) is 63.7 Å². The Labute approximate surface area is 171 Å². The lowest BCUT2D eigenvalue weighted by Gasteiger charge is -2.30. The van der Waals surface area contributed by atoms with Crippen molar-refractivity contribution in [2.75, 3.05) is 12.4 Å². The van der Waals surface area contributed by atoms with Crippen molar-refractivity contribution in [1.82, 2.24) is 9.55 Å². The predicted octanol–water partition coefficient (Wildman–Crippen LogP) is 2.73. The van der Waals surface area contributed by atoms with E-state index in [9.17, 15) is 14.4 Å². The van der Waals surface area contributed by atoms with Crippen molar-refractivity contribution in [1.29, 1.82) is 0 Å². The third-order valence-corrected chi connectivity index (χ3v) is 5.78. The first-order valence-corrected chi connectivity index (χ1v) is 9.72. The number of ketones is 1. The van der Waals surface area contributed by atoms with Gasteiger partial charge in [0.15, 0.2) is 5.78 Å². The van der Waals surface area contributed by atoms with Gasteiger partial charge in [0.2, 0.25) is 0 Å². The second-order valence-corrected chi connectivity index (χ2v) is 7.23. The predicted molar refractivity (Wildman–Crippen MR) is 113 cm³/mol. The fourth-order valence-electron chi connectivity index (χ4n) is 4.48. The van der Waals surface area contributed by atoms with Crippen molar-refractivity contribution in [2.24, 2.45) is 0 Å². The van der Waals surface area contributed by atoms with E-state index in [2.05, 4.69) is 10.3 Å². The maximum atomic E-state index is 13.4. The van der Waals surface area contributed by atoms with E-state index >= 15 is 0 Å². The summed E-state index contributed by atoms with van der Waals surface area (Å²) in [5.41, 5.74) is 2.48. The maximum absolute atomic E-state index is 13.4. The number of hydrogen-bond acceptors (Lipinski definition) is 5. The molecule has 0 fully saturated rings. The van der Waals surface area contributed by atoms with Gasteiger partial charge in [-0.1, -0.05) is 42.5 Å². The first kappa shape index (κ1) is 18.2. The van der Waals surface area contributed by atoms with Crippen LogP contribution in [0.4, 0.5) is 5.82 Å². The molecule has 0 amide bonds. The highest BCUT2D eigenvalue weighted by Crippen LogP contribution is 2.49. The summed E-state index contributed by atoms with van der Waals surface area (Å²) in [6, 6.07) is 14.6. The van der Waals surface area contributed by atoms with Crippen LogP contribution in [-0.2, 0) is 6.54 Å². The zero-order valence-electron chi connectivity index (χ0n) is 16.5. The van der Waals surface area contributed by atoms with Crippen LogP contribution in [0.25, 0.3) is 5.70 Å². The molecular weight excluding hydrogens is 382 g/mol. The lowest BCUT2D eigenvalue weighted by Crippen LogP contribution is -2.38. The van der Waals surface area contributed by atoms with Gasteiger partial charge < -0.3 is 10.1 Å². The molecule has 5 rings (SSSR count). The molecule has 1 aromatic heterocycles. The molecule has 2 aromatic carbocycles. The summed E-state index contributed by atoms with van der Waals surface area (Å²) >= 11 is 0. The average molecular weight is 401 g/mol. The van der Waals surface area contributed by atoms with Gasteiger partial charge in [-0.05, 0) is 13.0 Å². The van der Waals surface area contributed by atoms with Gasteiger partial charge in [-0.15, -0.1) is 0 Å². The standard InChI is InChI=1S/C23H19N3O4/c1-3-26-21-18(22(28)25-23(26)29)16(14-10-6-7-11-15(14)30-2)17-19(24-21)12-8-4-5-9-13(12)20(17)27/h4-11,16,24H,3H2,1-2H3,(H,25,28,29)/t16-/m1/s1. The summed E-state index contributed by atoms with van der Waals surface area (Å²) in [7, 11) is 1.55. The Bertz CT molecular complexity index is 1360. The number of nitrogens with zero attached hydrogens (tertiary/aromatic N) is 1. The van der Waals surface area contributed by atoms with Crippen LogP contribution in [-0.4, -0.2) is 22.4 Å². The number of benzene rings is 2. The van der Waals surface area contributed by atoms with Crippen LogP contribution in [0.1, 0.15) is 39.9 Å². The van der Waals surface area contributed by atoms with Crippen molar-refractivity contribution >= 4 is 17.3 Å². The van der Waals surface area contributed by atoms with Gasteiger partial charge in [-0.25, -0.2) is 4.79 Å². The Hall–Kier alpha value is -3.87. The average Bonchev–Trinajstić information content (AvgIpc) is 3.05. The van der Waals surface area contributed by atoms with E-state index in [1.165, 1.54) is 4.57 Å². The largest absolute Gasteiger partial charge is 0.496 e. The number of Topliss-reactive ketones (excluding diaryl/α,β-unsaturated/α-hetero) is 1. The summed E-state index contributed by atoms with van der Waals surface area (Å²) in [6.07, 6.45) is 0. The molecule has 7 heteroatoms. The van der Waals surface area contributed by atoms with Crippen LogP contribution in [0.3, 0.4) is 0 Å². The van der Waals surface area contributed by atoms with Gasteiger partial charge in [0.05, 0.1) is 24.3 Å². The number of para-hydroxylation sites is 1. The number of anilines is 1. The first-order chi connectivity index (χ1) is 14.6. The van der Waals surface area contributed by atoms with E-state index in [0.717, 1.165) is 5.56 Å². The van der Waals surface area contributed by atoms with E-state index in [1.807, 2.05) is 43.3 Å². The molecule has 0 unspecified atom stereocenters. The van der Waals surface area contributed by atoms with Gasteiger partial charge in [0, 0.05) is 28.8 Å². The van der Waals surface area contributed by atoms with Crippen molar-refractivity contribution in [2.45, 2.75) is 19.4 Å². The van der Waals surface area contributed by atoms with Crippen LogP contribution in [0, 0.1) is 0 Å². The lowest BCUT2D eigenvalue weighted by molar-refractivity contribution is 0.103. The molecule has 7 nitrogen and oxygen atoms in total. The number of fused-ring (bicyclic) bond motifs is 3. The minimum absolute atomic E-state index is 0.136. The fourth-order valence-corrected chi connectivity index (χ4v) is 4.48. The number of hydrogen-bond donors (Lipinski definition) is 2. The third kappa shape index (κ3) is 2.35. The topological polar surface area (TPSA) is 93.2 Å². The number of nitrogens with one attached hydrogen (secondary N) is 2. The monoisotopic (exact) mass is 401 g/mol. The second-order valence-electron chi connectivity index (χ2n) is 7.23. The van der Waals surface area contributed by atoms with Crippen molar-refractivity contribution < 1.29 is 9.53 Å². The Balaban J connectivity index is 1.90. The van der Waals surface area contributed by atoms with E-state index in [1.54, 1.807) is 19.2 Å². The number of methoxy groups -OCH3 is 1. The molecule has 0 saturated carbocycles. The number of carbonyl (C=O) groups is 1.